The van der Waals surface area contributed by atoms with Gasteiger partial charge in [0, 0.05) is 11.5 Å². The molecule has 2 aromatic rings. The molecule has 2 aromatic carbocycles. The van der Waals surface area contributed by atoms with E-state index in [0.29, 0.717) is 31.5 Å². The van der Waals surface area contributed by atoms with Crippen LogP contribution in [0, 0.1) is 0 Å². The Balaban J connectivity index is 1.95. The molecule has 2 N–H and O–H groups in total. The summed E-state index contributed by atoms with van der Waals surface area (Å²) in [6, 6.07) is 9.29. The molecule has 0 aromatic heterocycles. The molecule has 9 heteroatoms. The quantitative estimate of drug-likeness (QED) is 0.663. The van der Waals surface area contributed by atoms with Crippen molar-refractivity contribution in [2.75, 3.05) is 14.2 Å². The van der Waals surface area contributed by atoms with E-state index >= 15 is 0 Å². The predicted octanol–water partition coefficient (Wildman–Crippen LogP) is 4.10. The van der Waals surface area contributed by atoms with E-state index in [1.807, 2.05) is 0 Å². The third-order valence-corrected chi connectivity index (χ3v) is 5.65. The third kappa shape index (κ3) is 4.05. The summed E-state index contributed by atoms with van der Waals surface area (Å²) < 4.78 is 5.72. The monoisotopic (exact) mass is 462 g/mol. The number of carboxylic acids is 1. The number of carbonyl (C=O) groups is 2. The van der Waals surface area contributed by atoms with Crippen LogP contribution in [-0.2, 0) is 4.79 Å². The Morgan fingerprint density at radius 1 is 1.32 bits per heavy atom. The van der Waals surface area contributed by atoms with E-state index in [-0.39, 0.29) is 17.2 Å². The molecule has 0 spiro atoms. The molecule has 28 heavy (non-hydrogen) atoms. The van der Waals surface area contributed by atoms with Gasteiger partial charge in [0.15, 0.2) is 16.7 Å². The molecule has 0 unspecified atom stereocenters. The Hall–Kier alpha value is -2.78. The zero-order chi connectivity index (χ0) is 20.4. The Labute approximate surface area is 173 Å². The number of methoxy groups -OCH3 is 1. The Kier molecular flexibility index (Phi) is 5.76. The minimum Gasteiger partial charge on any atom is -0.504 e. The van der Waals surface area contributed by atoms with Gasteiger partial charge in [-0.05, 0) is 53.7 Å². The van der Waals surface area contributed by atoms with E-state index in [1.54, 1.807) is 31.3 Å². The Morgan fingerprint density at radius 2 is 2.07 bits per heavy atom. The second-order valence-electron chi connectivity index (χ2n) is 5.77. The first-order valence-electron chi connectivity index (χ1n) is 7.96. The summed E-state index contributed by atoms with van der Waals surface area (Å²) in [5, 5.41) is 19.4. The van der Waals surface area contributed by atoms with Crippen LogP contribution in [0.1, 0.15) is 15.9 Å². The summed E-state index contributed by atoms with van der Waals surface area (Å²) in [6.45, 7) is 0. The van der Waals surface area contributed by atoms with Crippen LogP contribution in [0.2, 0.25) is 0 Å². The van der Waals surface area contributed by atoms with Crippen LogP contribution in [0.25, 0.3) is 6.08 Å². The summed E-state index contributed by atoms with van der Waals surface area (Å²) in [5.41, 5.74) is 1.22. The molecular weight excluding hydrogens is 448 g/mol. The highest BCUT2D eigenvalue weighted by atomic mass is 79.9. The van der Waals surface area contributed by atoms with Crippen molar-refractivity contribution in [3.63, 3.8) is 0 Å². The van der Waals surface area contributed by atoms with Crippen LogP contribution in [0.5, 0.6) is 11.5 Å². The molecule has 0 radical (unpaired) electrons. The molecule has 7 nitrogen and oxygen atoms in total. The summed E-state index contributed by atoms with van der Waals surface area (Å²) in [4.78, 5) is 29.9. The van der Waals surface area contributed by atoms with E-state index in [9.17, 15) is 14.7 Å². The highest BCUT2D eigenvalue weighted by Gasteiger charge is 2.30. The molecule has 1 aliphatic heterocycles. The number of phenolic OH excluding ortho intramolecular Hbond substituents is 1. The summed E-state index contributed by atoms with van der Waals surface area (Å²) in [5.74, 6) is -1.01. The number of aromatic hydroxyl groups is 1. The molecule has 3 rings (SSSR count). The number of aliphatic imine (C=N–C) groups is 1. The third-order valence-electron chi connectivity index (χ3n) is 3.91. The normalized spacial score (nSPS) is 16.8. The van der Waals surface area contributed by atoms with Crippen molar-refractivity contribution in [3.8, 4) is 11.5 Å². The van der Waals surface area contributed by atoms with Crippen LogP contribution in [0.15, 0.2) is 50.8 Å². The minimum absolute atomic E-state index is 0.0143. The second kappa shape index (κ2) is 8.07. The smallest absolute Gasteiger partial charge is 0.335 e. The largest absolute Gasteiger partial charge is 0.504 e. The lowest BCUT2D eigenvalue weighted by atomic mass is 10.2. The van der Waals surface area contributed by atoms with E-state index < -0.39 is 5.97 Å². The summed E-state index contributed by atoms with van der Waals surface area (Å²) >= 11 is 4.54. The van der Waals surface area contributed by atoms with Gasteiger partial charge in [-0.3, -0.25) is 9.69 Å². The van der Waals surface area contributed by atoms with Crippen LogP contribution >= 0.6 is 27.7 Å². The number of hydrogen-bond donors (Lipinski definition) is 2. The molecule has 1 amide bonds. The first-order valence-corrected chi connectivity index (χ1v) is 9.57. The number of amides is 1. The topological polar surface area (TPSA) is 99.4 Å². The number of rotatable bonds is 4. The molecular formula is C19H15BrN2O5S. The first-order chi connectivity index (χ1) is 13.3. The highest BCUT2D eigenvalue weighted by Crippen LogP contribution is 2.37. The average molecular weight is 463 g/mol. The number of likely N-dealkylation sites (N-methyl/N-ethyl adjacent to an activating group) is 1. The van der Waals surface area contributed by atoms with Gasteiger partial charge in [0.2, 0.25) is 0 Å². The number of carboxylic acid groups (broad SMARTS) is 1. The number of phenols is 1. The molecule has 0 saturated carbocycles. The molecule has 1 aliphatic rings. The van der Waals surface area contributed by atoms with Gasteiger partial charge < -0.3 is 14.9 Å². The summed E-state index contributed by atoms with van der Waals surface area (Å²) in [7, 11) is 3.04. The van der Waals surface area contributed by atoms with Crippen molar-refractivity contribution in [3.05, 3.63) is 56.9 Å². The van der Waals surface area contributed by atoms with Gasteiger partial charge in [-0.1, -0.05) is 22.0 Å². The molecule has 144 valence electrons. The molecule has 0 atom stereocenters. The van der Waals surface area contributed by atoms with Crippen molar-refractivity contribution in [2.45, 2.75) is 0 Å². The number of amidine groups is 1. The number of halogens is 1. The number of ether oxygens (including phenoxy) is 1. The maximum atomic E-state index is 12.6. The molecule has 1 fully saturated rings. The van der Waals surface area contributed by atoms with Gasteiger partial charge >= 0.3 is 5.97 Å². The fraction of sp³-hybridized carbons (Fsp3) is 0.105. The van der Waals surface area contributed by atoms with Crippen molar-refractivity contribution in [1.29, 1.82) is 0 Å². The van der Waals surface area contributed by atoms with Crippen LogP contribution in [0.3, 0.4) is 0 Å². The second-order valence-corrected chi connectivity index (χ2v) is 7.63. The Morgan fingerprint density at radius 3 is 2.75 bits per heavy atom. The van der Waals surface area contributed by atoms with Crippen molar-refractivity contribution in [1.82, 2.24) is 4.90 Å². The maximum absolute atomic E-state index is 12.6. The fourth-order valence-electron chi connectivity index (χ4n) is 2.44. The highest BCUT2D eigenvalue weighted by molar-refractivity contribution is 9.10. The average Bonchev–Trinajstić information content (AvgIpc) is 2.92. The fourth-order valence-corrected chi connectivity index (χ4v) is 3.87. The zero-order valence-electron chi connectivity index (χ0n) is 14.8. The SMILES string of the molecule is COc1cc(/C=C2\SC(=Nc3cccc(C(=O)O)c3)N(C)C2=O)c(Br)cc1O. The van der Waals surface area contributed by atoms with Crippen LogP contribution in [0.4, 0.5) is 5.69 Å². The lowest BCUT2D eigenvalue weighted by Gasteiger charge is -2.07. The number of benzene rings is 2. The Bertz CT molecular complexity index is 1030. The lowest BCUT2D eigenvalue weighted by Crippen LogP contribution is -2.23. The number of carbonyl (C=O) groups excluding carboxylic acids is 1. The van der Waals surface area contributed by atoms with E-state index in [2.05, 4.69) is 20.9 Å². The standard InChI is InChI=1S/C19H15BrN2O5S/c1-22-17(24)16(8-11-7-15(27-2)14(23)9-13(11)20)28-19(22)21-12-5-3-4-10(6-12)18(25)26/h3-9,23H,1-2H3,(H,25,26)/b16-8-,21-19?. The van der Waals surface area contributed by atoms with E-state index in [0.717, 1.165) is 0 Å². The van der Waals surface area contributed by atoms with Crippen LogP contribution in [-0.4, -0.2) is 46.3 Å². The van der Waals surface area contributed by atoms with Gasteiger partial charge in [-0.15, -0.1) is 0 Å². The van der Waals surface area contributed by atoms with Gasteiger partial charge in [-0.2, -0.15) is 0 Å². The van der Waals surface area contributed by atoms with Gasteiger partial charge in [0.25, 0.3) is 5.91 Å². The minimum atomic E-state index is -1.04. The lowest BCUT2D eigenvalue weighted by molar-refractivity contribution is -0.121. The van der Waals surface area contributed by atoms with Crippen LogP contribution < -0.4 is 4.74 Å². The number of aromatic carboxylic acids is 1. The number of thioether (sulfide) groups is 1. The summed E-state index contributed by atoms with van der Waals surface area (Å²) in [6.07, 6.45) is 1.67. The van der Waals surface area contributed by atoms with Crippen molar-refractivity contribution >= 4 is 56.5 Å². The zero-order valence-corrected chi connectivity index (χ0v) is 17.2. The number of hydrogen-bond acceptors (Lipinski definition) is 6. The molecule has 1 heterocycles. The maximum Gasteiger partial charge on any atom is 0.335 e. The van der Waals surface area contributed by atoms with Gasteiger partial charge in [0.05, 0.1) is 23.3 Å². The molecule has 0 bridgehead atoms. The van der Waals surface area contributed by atoms with Gasteiger partial charge in [0.1, 0.15) is 0 Å². The van der Waals surface area contributed by atoms with Crippen molar-refractivity contribution in [2.24, 2.45) is 4.99 Å². The number of nitrogens with zero attached hydrogens (tertiary/aromatic N) is 2. The van der Waals surface area contributed by atoms with Crippen molar-refractivity contribution < 1.29 is 24.5 Å². The van der Waals surface area contributed by atoms with E-state index in [4.69, 9.17) is 9.84 Å². The van der Waals surface area contributed by atoms with E-state index in [1.165, 1.54) is 42.0 Å². The molecule has 0 aliphatic carbocycles. The first kappa shape index (κ1) is 20.0. The van der Waals surface area contributed by atoms with Gasteiger partial charge in [-0.25, -0.2) is 9.79 Å². The molecule has 1 saturated heterocycles. The predicted molar refractivity (Wildman–Crippen MR) is 111 cm³/mol.